The van der Waals surface area contributed by atoms with Crippen molar-refractivity contribution in [3.05, 3.63) is 54.1 Å². The van der Waals surface area contributed by atoms with Crippen LogP contribution in [0.25, 0.3) is 0 Å². The number of halogens is 5. The molecule has 0 heterocycles. The van der Waals surface area contributed by atoms with E-state index in [1.54, 1.807) is 12.1 Å². The fourth-order valence-corrected chi connectivity index (χ4v) is 2.46. The van der Waals surface area contributed by atoms with E-state index in [0.717, 1.165) is 18.2 Å². The molecule has 0 unspecified atom stereocenters. The summed E-state index contributed by atoms with van der Waals surface area (Å²) < 4.78 is 67.8. The molecule has 0 aliphatic rings. The Morgan fingerprint density at radius 2 is 1.84 bits per heavy atom. The van der Waals surface area contributed by atoms with Gasteiger partial charge in [-0.3, -0.25) is 4.79 Å². The Bertz CT molecular complexity index is 736. The van der Waals surface area contributed by atoms with E-state index in [1.165, 1.54) is 18.2 Å². The maximum atomic E-state index is 12.6. The Kier molecular flexibility index (Phi) is 6.24. The third kappa shape index (κ3) is 5.93. The molecule has 0 aliphatic heterocycles. The first-order valence-corrected chi connectivity index (χ1v) is 7.77. The Labute approximate surface area is 144 Å². The zero-order valence-corrected chi connectivity index (χ0v) is 13.3. The van der Waals surface area contributed by atoms with Gasteiger partial charge in [0.2, 0.25) is 0 Å². The van der Waals surface area contributed by atoms with Crippen molar-refractivity contribution in [2.24, 2.45) is 0 Å². The van der Waals surface area contributed by atoms with Crippen LogP contribution in [0.1, 0.15) is 5.56 Å². The lowest BCUT2D eigenvalue weighted by Gasteiger charge is -2.12. The van der Waals surface area contributed by atoms with E-state index in [9.17, 15) is 26.7 Å². The average molecular weight is 377 g/mol. The first kappa shape index (κ1) is 19.0. The van der Waals surface area contributed by atoms with E-state index in [-0.39, 0.29) is 28.1 Å². The molecule has 25 heavy (non-hydrogen) atoms. The van der Waals surface area contributed by atoms with Crippen LogP contribution in [0.4, 0.5) is 27.6 Å². The number of nitrogens with one attached hydrogen (secondary N) is 1. The predicted octanol–water partition coefficient (Wildman–Crippen LogP) is 5.04. The van der Waals surface area contributed by atoms with E-state index in [1.807, 2.05) is 0 Å². The van der Waals surface area contributed by atoms with Crippen LogP contribution in [0, 0.1) is 0 Å². The molecule has 0 atom stereocenters. The molecule has 0 fully saturated rings. The highest BCUT2D eigenvalue weighted by Gasteiger charge is 2.30. The molecule has 1 N–H and O–H groups in total. The fourth-order valence-electron chi connectivity index (χ4n) is 1.87. The highest BCUT2D eigenvalue weighted by molar-refractivity contribution is 7.99. The van der Waals surface area contributed by atoms with Gasteiger partial charge >= 0.3 is 6.18 Å². The highest BCUT2D eigenvalue weighted by atomic mass is 32.2. The predicted molar refractivity (Wildman–Crippen MR) is 83.9 cm³/mol. The van der Waals surface area contributed by atoms with Crippen LogP contribution in [0.2, 0.25) is 0 Å². The first-order chi connectivity index (χ1) is 11.8. The van der Waals surface area contributed by atoms with Gasteiger partial charge in [0.05, 0.1) is 11.3 Å². The lowest BCUT2D eigenvalue weighted by molar-refractivity contribution is -0.137. The molecule has 0 aliphatic carbocycles. The molecule has 0 spiro atoms. The number of carbonyl (C=O) groups is 1. The second-order valence-corrected chi connectivity index (χ2v) is 5.77. The summed E-state index contributed by atoms with van der Waals surface area (Å²) in [6.07, 6.45) is -4.52. The Morgan fingerprint density at radius 1 is 1.12 bits per heavy atom. The number of amides is 1. The number of anilines is 1. The van der Waals surface area contributed by atoms with Gasteiger partial charge < -0.3 is 10.1 Å². The summed E-state index contributed by atoms with van der Waals surface area (Å²) in [6.45, 7) is -0.561. The van der Waals surface area contributed by atoms with Crippen molar-refractivity contribution in [3.63, 3.8) is 0 Å². The minimum atomic E-state index is -4.52. The molecule has 2 aromatic carbocycles. The largest absolute Gasteiger partial charge is 0.484 e. The monoisotopic (exact) mass is 377 g/mol. The molecule has 9 heteroatoms. The quantitative estimate of drug-likeness (QED) is 0.566. The van der Waals surface area contributed by atoms with Crippen LogP contribution in [0.5, 0.6) is 5.75 Å². The first-order valence-electron chi connectivity index (χ1n) is 6.89. The van der Waals surface area contributed by atoms with Crippen LogP contribution >= 0.6 is 11.8 Å². The maximum absolute atomic E-state index is 12.6. The normalized spacial score (nSPS) is 11.4. The smallest absolute Gasteiger partial charge is 0.416 e. The minimum Gasteiger partial charge on any atom is -0.484 e. The zero-order chi connectivity index (χ0) is 18.4. The molecule has 0 bridgehead atoms. The van der Waals surface area contributed by atoms with Crippen LogP contribution in [0.3, 0.4) is 0 Å². The van der Waals surface area contributed by atoms with E-state index in [2.05, 4.69) is 5.32 Å². The van der Waals surface area contributed by atoms with Crippen molar-refractivity contribution in [1.82, 2.24) is 0 Å². The number of hydrogen-bond acceptors (Lipinski definition) is 3. The summed E-state index contributed by atoms with van der Waals surface area (Å²) in [6, 6.07) is 10.0. The lowest BCUT2D eigenvalue weighted by Crippen LogP contribution is -2.20. The molecule has 2 rings (SSSR count). The van der Waals surface area contributed by atoms with Crippen LogP contribution in [-0.2, 0) is 11.0 Å². The standard InChI is InChI=1S/C16H12F5NO2S/c17-15(18)25-13-7-2-1-6-12(13)22-14(23)9-24-11-5-3-4-10(8-11)16(19,20)21/h1-8,15H,9H2,(H,22,23). The second kappa shape index (κ2) is 8.19. The summed E-state index contributed by atoms with van der Waals surface area (Å²) in [4.78, 5) is 12.0. The molecular weight excluding hydrogens is 365 g/mol. The summed E-state index contributed by atoms with van der Waals surface area (Å²) in [5, 5.41) is 2.39. The Hall–Kier alpha value is -2.29. The van der Waals surface area contributed by atoms with Gasteiger partial charge in [-0.15, -0.1) is 0 Å². The van der Waals surface area contributed by atoms with E-state index in [0.29, 0.717) is 0 Å². The van der Waals surface area contributed by atoms with Crippen LogP contribution < -0.4 is 10.1 Å². The summed E-state index contributed by atoms with van der Waals surface area (Å²) in [5.41, 5.74) is -0.727. The van der Waals surface area contributed by atoms with Crippen molar-refractivity contribution in [1.29, 1.82) is 0 Å². The van der Waals surface area contributed by atoms with Crippen molar-refractivity contribution in [2.75, 3.05) is 11.9 Å². The average Bonchev–Trinajstić information content (AvgIpc) is 2.54. The molecule has 0 aromatic heterocycles. The van der Waals surface area contributed by atoms with E-state index < -0.39 is 30.0 Å². The summed E-state index contributed by atoms with van der Waals surface area (Å²) in [7, 11) is 0. The van der Waals surface area contributed by atoms with Crippen LogP contribution in [-0.4, -0.2) is 18.3 Å². The van der Waals surface area contributed by atoms with Gasteiger partial charge in [-0.25, -0.2) is 0 Å². The van der Waals surface area contributed by atoms with Crippen molar-refractivity contribution in [3.8, 4) is 5.75 Å². The number of rotatable bonds is 6. The number of benzene rings is 2. The fraction of sp³-hybridized carbons (Fsp3) is 0.188. The molecule has 3 nitrogen and oxygen atoms in total. The molecule has 2 aromatic rings. The van der Waals surface area contributed by atoms with Gasteiger partial charge in [-0.1, -0.05) is 30.0 Å². The number of ether oxygens (including phenoxy) is 1. The lowest BCUT2D eigenvalue weighted by atomic mass is 10.2. The SMILES string of the molecule is O=C(COc1cccc(C(F)(F)F)c1)Nc1ccccc1SC(F)F. The van der Waals surface area contributed by atoms with E-state index in [4.69, 9.17) is 4.74 Å². The van der Waals surface area contributed by atoms with Gasteiger partial charge in [0.25, 0.3) is 11.7 Å². The zero-order valence-electron chi connectivity index (χ0n) is 12.5. The molecule has 0 saturated carbocycles. The highest BCUT2D eigenvalue weighted by Crippen LogP contribution is 2.32. The molecule has 0 saturated heterocycles. The van der Waals surface area contributed by atoms with Crippen molar-refractivity contribution in [2.45, 2.75) is 16.8 Å². The molecule has 134 valence electrons. The van der Waals surface area contributed by atoms with Gasteiger partial charge in [-0.2, -0.15) is 22.0 Å². The third-order valence-corrected chi connectivity index (χ3v) is 3.70. The van der Waals surface area contributed by atoms with Crippen molar-refractivity contribution >= 4 is 23.4 Å². The summed E-state index contributed by atoms with van der Waals surface area (Å²) >= 11 is 0.272. The second-order valence-electron chi connectivity index (χ2n) is 4.74. The minimum absolute atomic E-state index is 0.125. The van der Waals surface area contributed by atoms with Gasteiger partial charge in [0.15, 0.2) is 6.61 Å². The number of alkyl halides is 5. The molecule has 0 radical (unpaired) electrons. The van der Waals surface area contributed by atoms with Gasteiger partial charge in [-0.05, 0) is 30.3 Å². The number of thioether (sulfide) groups is 1. The van der Waals surface area contributed by atoms with Gasteiger partial charge in [0, 0.05) is 4.90 Å². The third-order valence-electron chi connectivity index (χ3n) is 2.91. The Morgan fingerprint density at radius 3 is 2.52 bits per heavy atom. The maximum Gasteiger partial charge on any atom is 0.416 e. The van der Waals surface area contributed by atoms with Gasteiger partial charge in [0.1, 0.15) is 5.75 Å². The summed E-state index contributed by atoms with van der Waals surface area (Å²) in [5.74, 6) is -3.46. The molecular formula is C16H12F5NO2S. The molecule has 1 amide bonds. The Balaban J connectivity index is 1.98. The topological polar surface area (TPSA) is 38.3 Å². The number of hydrogen-bond donors (Lipinski definition) is 1. The van der Waals surface area contributed by atoms with Crippen molar-refractivity contribution < 1.29 is 31.5 Å². The number of carbonyl (C=O) groups excluding carboxylic acids is 1. The van der Waals surface area contributed by atoms with E-state index >= 15 is 0 Å². The number of para-hydroxylation sites is 1. The van der Waals surface area contributed by atoms with Crippen LogP contribution in [0.15, 0.2) is 53.4 Å².